The molecular formula is C15H20N4OS2. The quantitative estimate of drug-likeness (QED) is 0.758. The highest BCUT2D eigenvalue weighted by molar-refractivity contribution is 8.02. The summed E-state index contributed by atoms with van der Waals surface area (Å²) in [5.41, 5.74) is 2.29. The van der Waals surface area contributed by atoms with Gasteiger partial charge in [-0.15, -0.1) is 10.2 Å². The van der Waals surface area contributed by atoms with E-state index in [0.29, 0.717) is 6.54 Å². The summed E-state index contributed by atoms with van der Waals surface area (Å²) < 4.78 is 0.784. The lowest BCUT2D eigenvalue weighted by Gasteiger charge is -2.07. The number of nitrogens with one attached hydrogen (secondary N) is 2. The smallest absolute Gasteiger partial charge is 0.233 e. The molecule has 0 spiro atoms. The number of anilines is 2. The van der Waals surface area contributed by atoms with Crippen LogP contribution < -0.4 is 10.6 Å². The van der Waals surface area contributed by atoms with Crippen molar-refractivity contribution >= 4 is 39.8 Å². The first-order valence-electron chi connectivity index (χ1n) is 7.26. The molecule has 0 saturated heterocycles. The van der Waals surface area contributed by atoms with Crippen molar-refractivity contribution in [3.05, 3.63) is 29.8 Å². The van der Waals surface area contributed by atoms with Gasteiger partial charge in [0.05, 0.1) is 5.25 Å². The van der Waals surface area contributed by atoms with Gasteiger partial charge < -0.3 is 10.6 Å². The second-order valence-electron chi connectivity index (χ2n) is 4.70. The number of amides is 1. The lowest BCUT2D eigenvalue weighted by molar-refractivity contribution is -0.120. The highest BCUT2D eigenvalue weighted by Gasteiger charge is 2.16. The fourth-order valence-corrected chi connectivity index (χ4v) is 3.72. The summed E-state index contributed by atoms with van der Waals surface area (Å²) >= 11 is 2.87. The minimum absolute atomic E-state index is 0.0207. The van der Waals surface area contributed by atoms with Gasteiger partial charge in [0, 0.05) is 12.2 Å². The Kier molecular flexibility index (Phi) is 6.21. The number of carbonyl (C=O) groups excluding carboxylic acids is 1. The molecule has 0 radical (unpaired) electrons. The molecule has 1 heterocycles. The van der Waals surface area contributed by atoms with E-state index in [4.69, 9.17) is 0 Å². The van der Waals surface area contributed by atoms with Gasteiger partial charge in [0.25, 0.3) is 0 Å². The van der Waals surface area contributed by atoms with Crippen molar-refractivity contribution in [2.75, 3.05) is 11.9 Å². The first-order chi connectivity index (χ1) is 10.6. The van der Waals surface area contributed by atoms with Gasteiger partial charge in [0.2, 0.25) is 11.0 Å². The van der Waals surface area contributed by atoms with Crippen LogP contribution in [0.15, 0.2) is 28.6 Å². The largest absolute Gasteiger partial charge is 0.355 e. The standard InChI is InChI=1S/C15H20N4OS2/c1-4-11-6-8-12(9-7-11)17-14-18-19-15(22-14)21-10(3)13(20)16-5-2/h6-10H,4-5H2,1-3H3,(H,16,20)(H,17,18)/t10-/m1/s1. The maximum absolute atomic E-state index is 11.7. The van der Waals surface area contributed by atoms with E-state index >= 15 is 0 Å². The fraction of sp³-hybridized carbons (Fsp3) is 0.400. The summed E-state index contributed by atoms with van der Waals surface area (Å²) in [5, 5.41) is 14.8. The molecule has 2 N–H and O–H groups in total. The van der Waals surface area contributed by atoms with E-state index in [0.717, 1.165) is 21.6 Å². The monoisotopic (exact) mass is 336 g/mol. The van der Waals surface area contributed by atoms with Crippen LogP contribution in [-0.2, 0) is 11.2 Å². The minimum Gasteiger partial charge on any atom is -0.355 e. The molecule has 0 aliphatic heterocycles. The van der Waals surface area contributed by atoms with Crippen molar-refractivity contribution in [1.29, 1.82) is 0 Å². The molecule has 2 aromatic rings. The maximum atomic E-state index is 11.7. The van der Waals surface area contributed by atoms with Gasteiger partial charge >= 0.3 is 0 Å². The third kappa shape index (κ3) is 4.71. The summed E-state index contributed by atoms with van der Waals surface area (Å²) in [6.07, 6.45) is 1.03. The van der Waals surface area contributed by atoms with Crippen molar-refractivity contribution in [1.82, 2.24) is 15.5 Å². The van der Waals surface area contributed by atoms with Gasteiger partial charge in [-0.1, -0.05) is 42.2 Å². The van der Waals surface area contributed by atoms with Gasteiger partial charge in [-0.05, 0) is 38.0 Å². The van der Waals surface area contributed by atoms with E-state index in [-0.39, 0.29) is 11.2 Å². The lowest BCUT2D eigenvalue weighted by atomic mass is 10.1. The van der Waals surface area contributed by atoms with Gasteiger partial charge in [-0.25, -0.2) is 0 Å². The summed E-state index contributed by atoms with van der Waals surface area (Å²) in [6.45, 7) is 6.55. The average molecular weight is 336 g/mol. The van der Waals surface area contributed by atoms with Crippen LogP contribution in [-0.4, -0.2) is 27.9 Å². The molecule has 1 aromatic carbocycles. The second-order valence-corrected chi connectivity index (χ2v) is 7.27. The Labute approximate surface area is 138 Å². The summed E-state index contributed by atoms with van der Waals surface area (Å²) in [5.74, 6) is 0.0207. The summed E-state index contributed by atoms with van der Waals surface area (Å²) in [7, 11) is 0. The number of carbonyl (C=O) groups is 1. The maximum Gasteiger partial charge on any atom is 0.233 e. The van der Waals surface area contributed by atoms with E-state index < -0.39 is 0 Å². The lowest BCUT2D eigenvalue weighted by Crippen LogP contribution is -2.30. The first kappa shape index (κ1) is 16.8. The third-order valence-electron chi connectivity index (χ3n) is 3.02. The topological polar surface area (TPSA) is 66.9 Å². The molecule has 0 unspecified atom stereocenters. The van der Waals surface area contributed by atoms with Crippen LogP contribution >= 0.6 is 23.1 Å². The first-order valence-corrected chi connectivity index (χ1v) is 8.95. The Balaban J connectivity index is 1.94. The Morgan fingerprint density at radius 2 is 2.00 bits per heavy atom. The highest BCUT2D eigenvalue weighted by Crippen LogP contribution is 2.30. The zero-order valence-corrected chi connectivity index (χ0v) is 14.6. The van der Waals surface area contributed by atoms with Crippen LogP contribution in [0.4, 0.5) is 10.8 Å². The number of aryl methyl sites for hydroxylation is 1. The number of nitrogens with zero attached hydrogens (tertiary/aromatic N) is 2. The van der Waals surface area contributed by atoms with E-state index in [9.17, 15) is 4.79 Å². The average Bonchev–Trinajstić information content (AvgIpc) is 2.95. The molecule has 1 aromatic heterocycles. The van der Waals surface area contributed by atoms with Crippen molar-refractivity contribution in [2.24, 2.45) is 0 Å². The van der Waals surface area contributed by atoms with Gasteiger partial charge in [-0.2, -0.15) is 0 Å². The molecule has 118 valence electrons. The zero-order valence-electron chi connectivity index (χ0n) is 12.9. The number of hydrogen-bond acceptors (Lipinski definition) is 6. The van der Waals surface area contributed by atoms with Gasteiger partial charge in [0.15, 0.2) is 4.34 Å². The normalized spacial score (nSPS) is 12.0. The molecule has 2 rings (SSSR count). The predicted molar refractivity (Wildman–Crippen MR) is 93.0 cm³/mol. The molecule has 5 nitrogen and oxygen atoms in total. The Hall–Kier alpha value is -1.60. The molecule has 0 aliphatic rings. The second kappa shape index (κ2) is 8.14. The van der Waals surface area contributed by atoms with Crippen molar-refractivity contribution in [3.63, 3.8) is 0 Å². The molecule has 7 heteroatoms. The van der Waals surface area contributed by atoms with Crippen LogP contribution in [0.5, 0.6) is 0 Å². The molecular weight excluding hydrogens is 316 g/mol. The number of thioether (sulfide) groups is 1. The Morgan fingerprint density at radius 3 is 2.64 bits per heavy atom. The number of benzene rings is 1. The summed E-state index contributed by atoms with van der Waals surface area (Å²) in [4.78, 5) is 11.7. The molecule has 22 heavy (non-hydrogen) atoms. The SMILES string of the molecule is CCNC(=O)[C@@H](C)Sc1nnc(Nc2ccc(CC)cc2)s1. The van der Waals surface area contributed by atoms with E-state index in [1.165, 1.54) is 28.7 Å². The van der Waals surface area contributed by atoms with Crippen LogP contribution in [0, 0.1) is 0 Å². The van der Waals surface area contributed by atoms with Crippen LogP contribution in [0.25, 0.3) is 0 Å². The van der Waals surface area contributed by atoms with Crippen LogP contribution in [0.1, 0.15) is 26.3 Å². The number of aromatic nitrogens is 2. The van der Waals surface area contributed by atoms with E-state index in [1.807, 2.05) is 26.0 Å². The molecule has 0 saturated carbocycles. The van der Waals surface area contributed by atoms with Gasteiger partial charge in [0.1, 0.15) is 0 Å². The Bertz CT molecular complexity index is 612. The Morgan fingerprint density at radius 1 is 1.27 bits per heavy atom. The predicted octanol–water partition coefficient (Wildman–Crippen LogP) is 3.46. The van der Waals surface area contributed by atoms with Crippen LogP contribution in [0.2, 0.25) is 0 Å². The fourth-order valence-electron chi connectivity index (χ4n) is 1.78. The van der Waals surface area contributed by atoms with Crippen molar-refractivity contribution in [3.8, 4) is 0 Å². The number of rotatable bonds is 7. The van der Waals surface area contributed by atoms with Gasteiger partial charge in [-0.3, -0.25) is 4.79 Å². The van der Waals surface area contributed by atoms with E-state index in [1.54, 1.807) is 0 Å². The molecule has 1 amide bonds. The van der Waals surface area contributed by atoms with Crippen LogP contribution in [0.3, 0.4) is 0 Å². The zero-order chi connectivity index (χ0) is 15.9. The van der Waals surface area contributed by atoms with Crippen molar-refractivity contribution < 1.29 is 4.79 Å². The van der Waals surface area contributed by atoms with E-state index in [2.05, 4.69) is 39.9 Å². The summed E-state index contributed by atoms with van der Waals surface area (Å²) in [6, 6.07) is 8.25. The number of hydrogen-bond donors (Lipinski definition) is 2. The third-order valence-corrected chi connectivity index (χ3v) is 5.04. The van der Waals surface area contributed by atoms with Crippen molar-refractivity contribution in [2.45, 2.75) is 36.8 Å². The highest BCUT2D eigenvalue weighted by atomic mass is 32.2. The molecule has 0 bridgehead atoms. The molecule has 0 fully saturated rings. The minimum atomic E-state index is -0.176. The molecule has 0 aliphatic carbocycles. The molecule has 1 atom stereocenters.